The molecule has 2 aromatic rings. The van der Waals surface area contributed by atoms with Crippen LogP contribution in [0.5, 0.6) is 0 Å². The van der Waals surface area contributed by atoms with Gasteiger partial charge >= 0.3 is 0 Å². The van der Waals surface area contributed by atoms with E-state index in [-0.39, 0.29) is 6.10 Å². The first kappa shape index (κ1) is 20.8. The molecule has 3 rings (SSSR count). The van der Waals surface area contributed by atoms with E-state index in [4.69, 9.17) is 11.6 Å². The fraction of sp³-hybridized carbons (Fsp3) is 0.500. The van der Waals surface area contributed by atoms with E-state index in [1.54, 1.807) is 0 Å². The average molecular weight is 403 g/mol. The van der Waals surface area contributed by atoms with Crippen LogP contribution >= 0.6 is 23.4 Å². The van der Waals surface area contributed by atoms with Crippen LogP contribution in [0.2, 0.25) is 5.02 Å². The van der Waals surface area contributed by atoms with Gasteiger partial charge in [0, 0.05) is 16.0 Å². The Morgan fingerprint density at radius 2 is 1.67 bits per heavy atom. The fourth-order valence-corrected chi connectivity index (χ4v) is 5.26. The molecule has 0 bridgehead atoms. The van der Waals surface area contributed by atoms with Crippen LogP contribution < -0.4 is 0 Å². The van der Waals surface area contributed by atoms with E-state index in [2.05, 4.69) is 43.3 Å². The zero-order valence-electron chi connectivity index (χ0n) is 16.2. The summed E-state index contributed by atoms with van der Waals surface area (Å²) in [5.41, 5.74) is 3.80. The molecule has 27 heavy (non-hydrogen) atoms. The Kier molecular flexibility index (Phi) is 8.11. The summed E-state index contributed by atoms with van der Waals surface area (Å²) >= 11 is 7.89. The van der Waals surface area contributed by atoms with Crippen molar-refractivity contribution in [2.24, 2.45) is 0 Å². The van der Waals surface area contributed by atoms with Crippen molar-refractivity contribution in [3.63, 3.8) is 0 Å². The van der Waals surface area contributed by atoms with E-state index >= 15 is 0 Å². The normalized spacial score (nSPS) is 17.6. The van der Waals surface area contributed by atoms with E-state index in [9.17, 15) is 5.11 Å². The topological polar surface area (TPSA) is 20.2 Å². The minimum Gasteiger partial charge on any atom is -0.388 e. The van der Waals surface area contributed by atoms with Gasteiger partial charge in [-0.1, -0.05) is 74.2 Å². The number of aliphatic hydroxyl groups excluding tert-OH is 1. The number of hydrogen-bond acceptors (Lipinski definition) is 2. The molecule has 0 heterocycles. The molecule has 0 aliphatic heterocycles. The zero-order valence-corrected chi connectivity index (χ0v) is 17.8. The van der Waals surface area contributed by atoms with E-state index in [0.29, 0.717) is 5.25 Å². The molecule has 0 saturated heterocycles. The highest BCUT2D eigenvalue weighted by Crippen LogP contribution is 2.34. The summed E-state index contributed by atoms with van der Waals surface area (Å²) in [6, 6.07) is 16.8. The van der Waals surface area contributed by atoms with Crippen molar-refractivity contribution >= 4 is 23.4 Å². The minimum atomic E-state index is -0.381. The summed E-state index contributed by atoms with van der Waals surface area (Å²) in [7, 11) is 0. The van der Waals surface area contributed by atoms with Gasteiger partial charge in [0.05, 0.1) is 6.10 Å². The summed E-state index contributed by atoms with van der Waals surface area (Å²) in [6.45, 7) is 2.21. The largest absolute Gasteiger partial charge is 0.388 e. The molecule has 146 valence electrons. The molecule has 0 amide bonds. The van der Waals surface area contributed by atoms with Crippen LogP contribution in [0.15, 0.2) is 48.5 Å². The second-order valence-electron chi connectivity index (χ2n) is 7.72. The molecule has 1 fully saturated rings. The second kappa shape index (κ2) is 10.5. The molecule has 2 atom stereocenters. The first-order valence-corrected chi connectivity index (χ1v) is 11.7. The number of rotatable bonds is 8. The number of hydrogen-bond donors (Lipinski definition) is 1. The van der Waals surface area contributed by atoms with Gasteiger partial charge in [0.25, 0.3) is 0 Å². The third-order valence-corrected chi connectivity index (χ3v) is 7.49. The maximum atomic E-state index is 10.7. The van der Waals surface area contributed by atoms with Gasteiger partial charge in [-0.2, -0.15) is 11.8 Å². The van der Waals surface area contributed by atoms with Crippen LogP contribution in [0.3, 0.4) is 0 Å². The smallest absolute Gasteiger partial charge is 0.0800 e. The van der Waals surface area contributed by atoms with Gasteiger partial charge in [-0.05, 0) is 60.4 Å². The standard InChI is InChI=1S/C24H31ClOS/c1-2-23(27-17-18-8-14-22(25)15-9-18)16-24(26)21-12-10-20(11-13-21)19-6-4-3-5-7-19/h8-15,19,23-24,26H,2-7,16-17H2,1H3. The average Bonchev–Trinajstić information content (AvgIpc) is 2.73. The molecule has 0 spiro atoms. The molecule has 1 saturated carbocycles. The summed E-state index contributed by atoms with van der Waals surface area (Å²) in [5.74, 6) is 1.69. The van der Waals surface area contributed by atoms with Crippen LogP contribution in [0, 0.1) is 0 Å². The van der Waals surface area contributed by atoms with Crippen LogP contribution in [0.4, 0.5) is 0 Å². The van der Waals surface area contributed by atoms with Crippen LogP contribution in [-0.4, -0.2) is 10.4 Å². The molecule has 1 N–H and O–H groups in total. The molecule has 1 aliphatic rings. The lowest BCUT2D eigenvalue weighted by Crippen LogP contribution is -2.10. The van der Waals surface area contributed by atoms with E-state index in [0.717, 1.165) is 35.1 Å². The Morgan fingerprint density at radius 1 is 1.00 bits per heavy atom. The van der Waals surface area contributed by atoms with Crippen LogP contribution in [0.25, 0.3) is 0 Å². The lowest BCUT2D eigenvalue weighted by Gasteiger charge is -2.23. The maximum absolute atomic E-state index is 10.7. The molecular formula is C24H31ClOS. The third kappa shape index (κ3) is 6.27. The first-order chi connectivity index (χ1) is 13.2. The molecule has 2 unspecified atom stereocenters. The Balaban J connectivity index is 1.52. The van der Waals surface area contributed by atoms with Crippen molar-refractivity contribution in [3.05, 3.63) is 70.2 Å². The van der Waals surface area contributed by atoms with Crippen LogP contribution in [-0.2, 0) is 5.75 Å². The lowest BCUT2D eigenvalue weighted by atomic mass is 9.83. The second-order valence-corrected chi connectivity index (χ2v) is 9.45. The van der Waals surface area contributed by atoms with E-state index < -0.39 is 0 Å². The number of halogens is 1. The maximum Gasteiger partial charge on any atom is 0.0800 e. The Labute approximate surface area is 173 Å². The molecule has 3 heteroatoms. The Bertz CT molecular complexity index is 677. The monoisotopic (exact) mass is 402 g/mol. The van der Waals surface area contributed by atoms with Crippen molar-refractivity contribution in [2.45, 2.75) is 74.9 Å². The van der Waals surface area contributed by atoms with Gasteiger partial charge in [-0.25, -0.2) is 0 Å². The van der Waals surface area contributed by atoms with E-state index in [1.807, 2.05) is 23.9 Å². The number of aliphatic hydroxyl groups is 1. The van der Waals surface area contributed by atoms with Gasteiger partial charge in [-0.15, -0.1) is 0 Å². The van der Waals surface area contributed by atoms with Gasteiger partial charge in [0.15, 0.2) is 0 Å². The SMILES string of the molecule is CCC(CC(O)c1ccc(C2CCCCC2)cc1)SCc1ccc(Cl)cc1. The summed E-state index contributed by atoms with van der Waals surface area (Å²) < 4.78 is 0. The highest BCUT2D eigenvalue weighted by molar-refractivity contribution is 7.99. The molecular weight excluding hydrogens is 372 g/mol. The van der Waals surface area contributed by atoms with E-state index in [1.165, 1.54) is 43.2 Å². The van der Waals surface area contributed by atoms with Gasteiger partial charge in [0.2, 0.25) is 0 Å². The van der Waals surface area contributed by atoms with Crippen molar-refractivity contribution in [1.29, 1.82) is 0 Å². The van der Waals surface area contributed by atoms with Gasteiger partial charge < -0.3 is 5.11 Å². The highest BCUT2D eigenvalue weighted by atomic mass is 35.5. The first-order valence-electron chi connectivity index (χ1n) is 10.3. The number of thioether (sulfide) groups is 1. The molecule has 0 radical (unpaired) electrons. The minimum absolute atomic E-state index is 0.381. The Morgan fingerprint density at radius 3 is 2.30 bits per heavy atom. The van der Waals surface area contributed by atoms with Gasteiger partial charge in [0.1, 0.15) is 0 Å². The predicted molar refractivity (Wildman–Crippen MR) is 119 cm³/mol. The molecule has 2 aromatic carbocycles. The summed E-state index contributed by atoms with van der Waals surface area (Å²) in [6.07, 6.45) is 8.23. The summed E-state index contributed by atoms with van der Waals surface area (Å²) in [5, 5.41) is 12.0. The van der Waals surface area contributed by atoms with Crippen molar-refractivity contribution in [2.75, 3.05) is 0 Å². The quantitative estimate of drug-likeness (QED) is 0.492. The fourth-order valence-electron chi connectivity index (χ4n) is 3.96. The predicted octanol–water partition coefficient (Wildman–Crippen LogP) is 7.52. The molecule has 1 aliphatic carbocycles. The Hall–Kier alpha value is -0.960. The lowest BCUT2D eigenvalue weighted by molar-refractivity contribution is 0.166. The highest BCUT2D eigenvalue weighted by Gasteiger charge is 2.18. The van der Waals surface area contributed by atoms with Gasteiger partial charge in [-0.3, -0.25) is 0 Å². The van der Waals surface area contributed by atoms with Crippen molar-refractivity contribution in [3.8, 4) is 0 Å². The third-order valence-electron chi connectivity index (χ3n) is 5.74. The summed E-state index contributed by atoms with van der Waals surface area (Å²) in [4.78, 5) is 0. The number of benzene rings is 2. The molecule has 0 aromatic heterocycles. The molecule has 1 nitrogen and oxygen atoms in total. The van der Waals surface area contributed by atoms with Crippen LogP contribution in [0.1, 0.15) is 80.6 Å². The van der Waals surface area contributed by atoms with Crippen molar-refractivity contribution < 1.29 is 5.11 Å². The van der Waals surface area contributed by atoms with Crippen molar-refractivity contribution in [1.82, 2.24) is 0 Å². The zero-order chi connectivity index (χ0) is 19.1.